The van der Waals surface area contributed by atoms with Gasteiger partial charge in [-0.05, 0) is 35.5 Å². The Morgan fingerprint density at radius 1 is 1.12 bits per heavy atom. The smallest absolute Gasteiger partial charge is 0.0264 e. The molecule has 1 rings (SSSR count). The SMILES string of the molecule is CCCC1CC1(C)C(CC)C(C)C(C)CC. The molecule has 5 atom stereocenters. The van der Waals surface area contributed by atoms with Gasteiger partial charge in [-0.25, -0.2) is 0 Å². The van der Waals surface area contributed by atoms with Gasteiger partial charge in [0.05, 0.1) is 0 Å². The molecule has 0 heterocycles. The predicted octanol–water partition coefficient (Wildman–Crippen LogP) is 5.52. The molecule has 0 aliphatic heterocycles. The third-order valence-electron chi connectivity index (χ3n) is 5.56. The molecule has 0 nitrogen and oxygen atoms in total. The summed E-state index contributed by atoms with van der Waals surface area (Å²) in [5.41, 5.74) is 0.688. The summed E-state index contributed by atoms with van der Waals surface area (Å²) in [7, 11) is 0. The second kappa shape index (κ2) is 5.56. The maximum Gasteiger partial charge on any atom is -0.0264 e. The van der Waals surface area contributed by atoms with Crippen LogP contribution in [0.25, 0.3) is 0 Å². The first-order valence-corrected chi connectivity index (χ1v) is 7.51. The summed E-state index contributed by atoms with van der Waals surface area (Å²) < 4.78 is 0. The van der Waals surface area contributed by atoms with Gasteiger partial charge in [0.2, 0.25) is 0 Å². The van der Waals surface area contributed by atoms with E-state index in [9.17, 15) is 0 Å². The number of rotatable bonds is 7. The minimum absolute atomic E-state index is 0.688. The van der Waals surface area contributed by atoms with Crippen molar-refractivity contribution in [2.45, 2.75) is 73.6 Å². The van der Waals surface area contributed by atoms with Crippen molar-refractivity contribution in [3.63, 3.8) is 0 Å². The highest BCUT2D eigenvalue weighted by Gasteiger charge is 2.54. The topological polar surface area (TPSA) is 0 Å². The fourth-order valence-corrected chi connectivity index (χ4v) is 3.91. The maximum atomic E-state index is 2.56. The van der Waals surface area contributed by atoms with Crippen LogP contribution >= 0.6 is 0 Å². The molecule has 96 valence electrons. The fourth-order valence-electron chi connectivity index (χ4n) is 3.91. The quantitative estimate of drug-likeness (QED) is 0.534. The van der Waals surface area contributed by atoms with E-state index in [1.54, 1.807) is 0 Å². The van der Waals surface area contributed by atoms with Crippen LogP contribution in [0.4, 0.5) is 0 Å². The van der Waals surface area contributed by atoms with Gasteiger partial charge in [-0.15, -0.1) is 0 Å². The van der Waals surface area contributed by atoms with Crippen molar-refractivity contribution in [2.24, 2.45) is 29.1 Å². The summed E-state index contributed by atoms with van der Waals surface area (Å²) in [5, 5.41) is 0. The molecule has 1 aliphatic rings. The summed E-state index contributed by atoms with van der Waals surface area (Å²) >= 11 is 0. The largest absolute Gasteiger partial charge is 0.0654 e. The molecule has 0 N–H and O–H groups in total. The van der Waals surface area contributed by atoms with Gasteiger partial charge in [-0.1, -0.05) is 67.2 Å². The van der Waals surface area contributed by atoms with Gasteiger partial charge in [-0.2, -0.15) is 0 Å². The molecule has 0 aromatic rings. The van der Waals surface area contributed by atoms with E-state index in [2.05, 4.69) is 41.5 Å². The van der Waals surface area contributed by atoms with Crippen LogP contribution in [-0.2, 0) is 0 Å². The van der Waals surface area contributed by atoms with E-state index in [-0.39, 0.29) is 0 Å². The first-order valence-electron chi connectivity index (χ1n) is 7.51. The summed E-state index contributed by atoms with van der Waals surface area (Å²) in [6.07, 6.45) is 7.04. The van der Waals surface area contributed by atoms with Crippen LogP contribution in [0, 0.1) is 29.1 Å². The lowest BCUT2D eigenvalue weighted by Crippen LogP contribution is -2.26. The Bertz CT molecular complexity index is 208. The molecule has 0 aromatic heterocycles. The Hall–Kier alpha value is 0. The maximum absolute atomic E-state index is 2.56. The molecule has 0 saturated heterocycles. The van der Waals surface area contributed by atoms with Crippen molar-refractivity contribution in [1.29, 1.82) is 0 Å². The van der Waals surface area contributed by atoms with Gasteiger partial charge in [-0.3, -0.25) is 0 Å². The van der Waals surface area contributed by atoms with Gasteiger partial charge in [0.15, 0.2) is 0 Å². The van der Waals surface area contributed by atoms with Gasteiger partial charge in [0, 0.05) is 0 Å². The Morgan fingerprint density at radius 2 is 1.75 bits per heavy atom. The van der Waals surface area contributed by atoms with Crippen molar-refractivity contribution in [2.75, 3.05) is 0 Å². The highest BCUT2D eigenvalue weighted by Crippen LogP contribution is 2.62. The monoisotopic (exact) mass is 224 g/mol. The summed E-state index contributed by atoms with van der Waals surface area (Å²) in [6.45, 7) is 14.6. The van der Waals surface area contributed by atoms with E-state index in [0.717, 1.165) is 23.7 Å². The Kier molecular flexibility index (Phi) is 4.88. The lowest BCUT2D eigenvalue weighted by Gasteiger charge is -2.33. The average molecular weight is 224 g/mol. The van der Waals surface area contributed by atoms with Gasteiger partial charge < -0.3 is 0 Å². The second-order valence-corrected chi connectivity index (χ2v) is 6.45. The molecule has 0 amide bonds. The van der Waals surface area contributed by atoms with E-state index in [0.29, 0.717) is 5.41 Å². The Morgan fingerprint density at radius 3 is 2.19 bits per heavy atom. The summed E-state index contributed by atoms with van der Waals surface area (Å²) in [6, 6.07) is 0. The molecule has 0 bridgehead atoms. The molecular weight excluding hydrogens is 192 g/mol. The third kappa shape index (κ3) is 2.63. The van der Waals surface area contributed by atoms with Gasteiger partial charge >= 0.3 is 0 Å². The molecule has 16 heavy (non-hydrogen) atoms. The molecule has 0 aromatic carbocycles. The summed E-state index contributed by atoms with van der Waals surface area (Å²) in [4.78, 5) is 0. The van der Waals surface area contributed by atoms with E-state index in [4.69, 9.17) is 0 Å². The van der Waals surface area contributed by atoms with E-state index >= 15 is 0 Å². The van der Waals surface area contributed by atoms with E-state index in [1.807, 2.05) is 0 Å². The molecular formula is C16H32. The van der Waals surface area contributed by atoms with Crippen molar-refractivity contribution < 1.29 is 0 Å². The minimum Gasteiger partial charge on any atom is -0.0654 e. The Labute approximate surface area is 103 Å². The molecule has 0 radical (unpaired) electrons. The van der Waals surface area contributed by atoms with Crippen LogP contribution in [-0.4, -0.2) is 0 Å². The molecule has 1 aliphatic carbocycles. The first-order chi connectivity index (χ1) is 7.51. The normalized spacial score (nSPS) is 34.5. The average Bonchev–Trinajstić information content (AvgIpc) is 2.90. The van der Waals surface area contributed by atoms with Crippen molar-refractivity contribution in [1.82, 2.24) is 0 Å². The van der Waals surface area contributed by atoms with Crippen LogP contribution in [0.2, 0.25) is 0 Å². The zero-order chi connectivity index (χ0) is 12.3. The van der Waals surface area contributed by atoms with Crippen molar-refractivity contribution >= 4 is 0 Å². The number of hydrogen-bond acceptors (Lipinski definition) is 0. The lowest BCUT2D eigenvalue weighted by atomic mass is 9.72. The zero-order valence-electron chi connectivity index (χ0n) is 12.3. The summed E-state index contributed by atoms with van der Waals surface area (Å²) in [5.74, 6) is 3.79. The van der Waals surface area contributed by atoms with Crippen molar-refractivity contribution in [3.05, 3.63) is 0 Å². The van der Waals surface area contributed by atoms with Crippen molar-refractivity contribution in [3.8, 4) is 0 Å². The molecule has 1 fully saturated rings. The second-order valence-electron chi connectivity index (χ2n) is 6.45. The fraction of sp³-hybridized carbons (Fsp3) is 1.00. The van der Waals surface area contributed by atoms with E-state index < -0.39 is 0 Å². The van der Waals surface area contributed by atoms with Crippen LogP contribution in [0.3, 0.4) is 0 Å². The Balaban J connectivity index is 2.61. The van der Waals surface area contributed by atoms with Crippen LogP contribution in [0.5, 0.6) is 0 Å². The first kappa shape index (κ1) is 14.1. The van der Waals surface area contributed by atoms with Gasteiger partial charge in [0.1, 0.15) is 0 Å². The molecule has 0 heteroatoms. The van der Waals surface area contributed by atoms with Gasteiger partial charge in [0.25, 0.3) is 0 Å². The molecule has 1 saturated carbocycles. The molecule has 5 unspecified atom stereocenters. The van der Waals surface area contributed by atoms with Crippen LogP contribution < -0.4 is 0 Å². The predicted molar refractivity (Wildman–Crippen MR) is 73.5 cm³/mol. The zero-order valence-corrected chi connectivity index (χ0v) is 12.3. The molecule has 0 spiro atoms. The lowest BCUT2D eigenvalue weighted by molar-refractivity contribution is 0.156. The van der Waals surface area contributed by atoms with Crippen LogP contribution in [0.1, 0.15) is 73.6 Å². The minimum atomic E-state index is 0.688. The van der Waals surface area contributed by atoms with E-state index in [1.165, 1.54) is 32.1 Å². The highest BCUT2D eigenvalue weighted by molar-refractivity contribution is 5.03. The standard InChI is InChI=1S/C16H32/c1-7-10-14-11-16(14,6)15(9-3)13(5)12(4)8-2/h12-15H,7-11H2,1-6H3. The highest BCUT2D eigenvalue weighted by atomic mass is 14.6. The third-order valence-corrected chi connectivity index (χ3v) is 5.56. The van der Waals surface area contributed by atoms with Crippen LogP contribution in [0.15, 0.2) is 0 Å². The number of hydrogen-bond donors (Lipinski definition) is 0.